The summed E-state index contributed by atoms with van der Waals surface area (Å²) in [5.41, 5.74) is 7.68. The summed E-state index contributed by atoms with van der Waals surface area (Å²) in [6.45, 7) is 2.06. The lowest BCUT2D eigenvalue weighted by Gasteiger charge is -2.04. The van der Waals surface area contributed by atoms with Crippen LogP contribution in [0.15, 0.2) is 23.1 Å². The van der Waals surface area contributed by atoms with Crippen LogP contribution < -0.4 is 5.73 Å². The fourth-order valence-corrected chi connectivity index (χ4v) is 1.95. The lowest BCUT2D eigenvalue weighted by molar-refractivity contribution is 1.26. The molecular weight excluding hydrogens is 178 g/mol. The Hall–Kier alpha value is -1.07. The highest BCUT2D eigenvalue weighted by Gasteiger charge is 1.98. The molecule has 13 heavy (non-hydrogen) atoms. The average Bonchev–Trinajstić information content (AvgIpc) is 2.09. The number of aryl methyl sites for hydroxylation is 1. The van der Waals surface area contributed by atoms with Crippen molar-refractivity contribution in [3.8, 4) is 12.3 Å². The first-order valence-corrected chi connectivity index (χ1v) is 5.15. The Labute approximate surface area is 83.7 Å². The smallest absolute Gasteiger partial charge is 0.0317 e. The van der Waals surface area contributed by atoms with Crippen molar-refractivity contribution in [1.82, 2.24) is 0 Å². The molecule has 0 aromatic heterocycles. The maximum Gasteiger partial charge on any atom is 0.0317 e. The van der Waals surface area contributed by atoms with Crippen LogP contribution in [0.5, 0.6) is 0 Å². The summed E-state index contributed by atoms with van der Waals surface area (Å²) in [6, 6.07) is 5.95. The van der Waals surface area contributed by atoms with Gasteiger partial charge in [-0.05, 0) is 30.7 Å². The van der Waals surface area contributed by atoms with E-state index in [1.54, 1.807) is 11.8 Å². The zero-order valence-corrected chi connectivity index (χ0v) is 8.53. The fraction of sp³-hybridized carbons (Fsp3) is 0.273. The lowest BCUT2D eigenvalue weighted by atomic mass is 10.2. The van der Waals surface area contributed by atoms with Gasteiger partial charge in [-0.15, -0.1) is 24.1 Å². The maximum absolute atomic E-state index is 5.64. The molecule has 0 unspecified atom stereocenters. The van der Waals surface area contributed by atoms with Crippen molar-refractivity contribution >= 4 is 17.4 Å². The van der Waals surface area contributed by atoms with Gasteiger partial charge in [-0.25, -0.2) is 0 Å². The molecule has 0 aliphatic heterocycles. The number of hydrogen-bond donors (Lipinski definition) is 1. The van der Waals surface area contributed by atoms with Crippen molar-refractivity contribution in [3.05, 3.63) is 23.8 Å². The third kappa shape index (κ3) is 3.04. The van der Waals surface area contributed by atoms with E-state index in [9.17, 15) is 0 Å². The number of benzene rings is 1. The Morgan fingerprint density at radius 2 is 2.31 bits per heavy atom. The van der Waals surface area contributed by atoms with E-state index < -0.39 is 0 Å². The second-order valence-electron chi connectivity index (χ2n) is 2.83. The van der Waals surface area contributed by atoms with Crippen LogP contribution in [0.3, 0.4) is 0 Å². The number of nitrogens with two attached hydrogens (primary N) is 1. The molecule has 0 saturated heterocycles. The van der Waals surface area contributed by atoms with Crippen molar-refractivity contribution in [3.63, 3.8) is 0 Å². The average molecular weight is 191 g/mol. The van der Waals surface area contributed by atoms with Gasteiger partial charge in [0, 0.05) is 22.8 Å². The molecule has 0 amide bonds. The van der Waals surface area contributed by atoms with Crippen LogP contribution in [-0.4, -0.2) is 5.75 Å². The maximum atomic E-state index is 5.64. The quantitative estimate of drug-likeness (QED) is 0.344. The Kier molecular flexibility index (Phi) is 3.72. The Morgan fingerprint density at radius 3 is 2.92 bits per heavy atom. The van der Waals surface area contributed by atoms with Crippen LogP contribution in [0.25, 0.3) is 0 Å². The van der Waals surface area contributed by atoms with Gasteiger partial charge < -0.3 is 5.73 Å². The number of terminal acetylenes is 1. The van der Waals surface area contributed by atoms with E-state index in [0.29, 0.717) is 0 Å². The third-order valence-corrected chi connectivity index (χ3v) is 2.88. The summed E-state index contributed by atoms with van der Waals surface area (Å²) in [5, 5.41) is 0. The molecule has 0 spiro atoms. The normalized spacial score (nSPS) is 9.54. The molecule has 0 fully saturated rings. The summed E-state index contributed by atoms with van der Waals surface area (Å²) < 4.78 is 0. The largest absolute Gasteiger partial charge is 0.399 e. The van der Waals surface area contributed by atoms with Crippen molar-refractivity contribution in [2.24, 2.45) is 0 Å². The minimum Gasteiger partial charge on any atom is -0.399 e. The molecular formula is C11H13NS. The summed E-state index contributed by atoms with van der Waals surface area (Å²) in [6.07, 6.45) is 5.99. The molecule has 0 aliphatic rings. The summed E-state index contributed by atoms with van der Waals surface area (Å²) in [4.78, 5) is 1.27. The molecule has 1 rings (SSSR count). The van der Waals surface area contributed by atoms with Crippen molar-refractivity contribution < 1.29 is 0 Å². The number of rotatable bonds is 3. The van der Waals surface area contributed by atoms with Gasteiger partial charge in [0.15, 0.2) is 0 Å². The van der Waals surface area contributed by atoms with Crippen LogP contribution in [0.4, 0.5) is 5.69 Å². The van der Waals surface area contributed by atoms with Crippen LogP contribution in [-0.2, 0) is 0 Å². The van der Waals surface area contributed by atoms with Gasteiger partial charge >= 0.3 is 0 Å². The van der Waals surface area contributed by atoms with Crippen LogP contribution in [0, 0.1) is 19.3 Å². The first kappa shape index (κ1) is 10.0. The van der Waals surface area contributed by atoms with E-state index >= 15 is 0 Å². The fourth-order valence-electron chi connectivity index (χ4n) is 1.05. The molecule has 0 atom stereocenters. The third-order valence-electron chi connectivity index (χ3n) is 1.70. The van der Waals surface area contributed by atoms with Gasteiger partial charge in [-0.2, -0.15) is 0 Å². The van der Waals surface area contributed by atoms with Gasteiger partial charge in [-0.3, -0.25) is 0 Å². The van der Waals surface area contributed by atoms with E-state index in [0.717, 1.165) is 17.9 Å². The molecule has 1 aromatic rings. The highest BCUT2D eigenvalue weighted by molar-refractivity contribution is 7.99. The molecule has 0 radical (unpaired) electrons. The second-order valence-corrected chi connectivity index (χ2v) is 3.96. The lowest BCUT2D eigenvalue weighted by Crippen LogP contribution is -1.87. The SMILES string of the molecule is C#CCCSc1ccc(N)cc1C. The molecule has 0 heterocycles. The van der Waals surface area contributed by atoms with E-state index in [1.165, 1.54) is 10.5 Å². The van der Waals surface area contributed by atoms with Crippen LogP contribution in [0.2, 0.25) is 0 Å². The van der Waals surface area contributed by atoms with Crippen molar-refractivity contribution in [2.75, 3.05) is 11.5 Å². The van der Waals surface area contributed by atoms with E-state index in [4.69, 9.17) is 12.2 Å². The molecule has 2 heteroatoms. The number of anilines is 1. The highest BCUT2D eigenvalue weighted by Crippen LogP contribution is 2.24. The Morgan fingerprint density at radius 1 is 1.54 bits per heavy atom. The van der Waals surface area contributed by atoms with E-state index in [-0.39, 0.29) is 0 Å². The minimum atomic E-state index is 0.814. The topological polar surface area (TPSA) is 26.0 Å². The first-order valence-electron chi connectivity index (χ1n) is 4.16. The summed E-state index contributed by atoms with van der Waals surface area (Å²) >= 11 is 1.78. The van der Waals surface area contributed by atoms with Crippen LogP contribution in [0.1, 0.15) is 12.0 Å². The molecule has 1 nitrogen and oxygen atoms in total. The minimum absolute atomic E-state index is 0.814. The number of hydrogen-bond acceptors (Lipinski definition) is 2. The predicted molar refractivity (Wildman–Crippen MR) is 59.8 cm³/mol. The van der Waals surface area contributed by atoms with Gasteiger partial charge in [0.2, 0.25) is 0 Å². The molecule has 1 aromatic carbocycles. The molecule has 2 N–H and O–H groups in total. The van der Waals surface area contributed by atoms with Crippen LogP contribution >= 0.6 is 11.8 Å². The number of thioether (sulfide) groups is 1. The molecule has 0 aliphatic carbocycles. The Bertz CT molecular complexity index is 325. The molecule has 0 saturated carbocycles. The van der Waals surface area contributed by atoms with Gasteiger partial charge in [0.25, 0.3) is 0 Å². The Balaban J connectivity index is 2.62. The zero-order valence-electron chi connectivity index (χ0n) is 7.71. The van der Waals surface area contributed by atoms with Crippen molar-refractivity contribution in [1.29, 1.82) is 0 Å². The number of nitrogen functional groups attached to an aromatic ring is 1. The highest BCUT2D eigenvalue weighted by atomic mass is 32.2. The summed E-state index contributed by atoms with van der Waals surface area (Å²) in [7, 11) is 0. The van der Waals surface area contributed by atoms with Gasteiger partial charge in [0.05, 0.1) is 0 Å². The molecule has 0 bridgehead atoms. The van der Waals surface area contributed by atoms with Crippen molar-refractivity contribution in [2.45, 2.75) is 18.2 Å². The second kappa shape index (κ2) is 4.84. The predicted octanol–water partition coefficient (Wildman–Crippen LogP) is 2.69. The monoisotopic (exact) mass is 191 g/mol. The van der Waals surface area contributed by atoms with E-state index in [1.807, 2.05) is 18.2 Å². The standard InChI is InChI=1S/C11H13NS/c1-3-4-7-13-11-6-5-10(12)8-9(11)2/h1,5-6,8H,4,7,12H2,2H3. The van der Waals surface area contributed by atoms with Gasteiger partial charge in [-0.1, -0.05) is 0 Å². The van der Waals surface area contributed by atoms with Gasteiger partial charge in [0.1, 0.15) is 0 Å². The zero-order chi connectivity index (χ0) is 9.68. The molecule has 68 valence electrons. The van der Waals surface area contributed by atoms with E-state index in [2.05, 4.69) is 12.8 Å². The first-order chi connectivity index (χ1) is 6.24. The summed E-state index contributed by atoms with van der Waals surface area (Å²) in [5.74, 6) is 3.60.